The highest BCUT2D eigenvalue weighted by molar-refractivity contribution is 6.74. The smallest absolute Gasteiger partial charge is 0.426 e. The van der Waals surface area contributed by atoms with Crippen LogP contribution in [0.25, 0.3) is 0 Å². The quantitative estimate of drug-likeness (QED) is 0.271. The SMILES string of the molecule is CC(C)(C)OC(=O)N[C@@H](Cc1ccc(O[Si](C)(C)C(C)(C)C)cc1)C(=O)N(C(=O)OC(C)(C)C)C(=O)OC(C)(C)C. The number of carbonyl (C=O) groups excluding carboxylic acids is 4. The van der Waals surface area contributed by atoms with Crippen molar-refractivity contribution in [1.82, 2.24) is 10.2 Å². The molecule has 11 heteroatoms. The summed E-state index contributed by atoms with van der Waals surface area (Å²) in [6.45, 7) is 25.4. The molecule has 1 atom stereocenters. The Morgan fingerprint density at radius 3 is 1.51 bits per heavy atom. The van der Waals surface area contributed by atoms with E-state index in [9.17, 15) is 19.2 Å². The van der Waals surface area contributed by atoms with Crippen LogP contribution in [-0.4, -0.2) is 60.2 Å². The maximum atomic E-state index is 13.8. The van der Waals surface area contributed by atoms with Gasteiger partial charge >= 0.3 is 18.3 Å². The highest BCUT2D eigenvalue weighted by Crippen LogP contribution is 2.37. The minimum atomic E-state index is -2.07. The maximum Gasteiger partial charge on any atom is 0.426 e. The lowest BCUT2D eigenvalue weighted by Gasteiger charge is -2.36. The number of nitrogens with one attached hydrogen (secondary N) is 1. The van der Waals surface area contributed by atoms with Crippen molar-refractivity contribution in [3.8, 4) is 5.75 Å². The third-order valence-corrected chi connectivity index (χ3v) is 10.3. The first-order valence-electron chi connectivity index (χ1n) is 13.8. The molecule has 41 heavy (non-hydrogen) atoms. The molecule has 0 radical (unpaired) electrons. The zero-order valence-corrected chi connectivity index (χ0v) is 28.3. The molecule has 0 aliphatic heterocycles. The fourth-order valence-corrected chi connectivity index (χ4v) is 4.08. The van der Waals surface area contributed by atoms with Gasteiger partial charge in [0, 0.05) is 6.42 Å². The van der Waals surface area contributed by atoms with Crippen LogP contribution in [0.5, 0.6) is 5.75 Å². The molecule has 0 spiro atoms. The number of imide groups is 3. The maximum absolute atomic E-state index is 13.8. The van der Waals surface area contributed by atoms with Gasteiger partial charge in [-0.05, 0) is 98.1 Å². The topological polar surface area (TPSA) is 120 Å². The van der Waals surface area contributed by atoms with Crippen LogP contribution in [0.3, 0.4) is 0 Å². The van der Waals surface area contributed by atoms with Gasteiger partial charge < -0.3 is 24.0 Å². The molecule has 0 heterocycles. The van der Waals surface area contributed by atoms with Gasteiger partial charge in [0.1, 0.15) is 28.6 Å². The molecule has 0 saturated heterocycles. The van der Waals surface area contributed by atoms with Crippen LogP contribution >= 0.6 is 0 Å². The Labute approximate surface area is 246 Å². The van der Waals surface area contributed by atoms with E-state index in [1.54, 1.807) is 86.6 Å². The van der Waals surface area contributed by atoms with Crippen molar-refractivity contribution in [1.29, 1.82) is 0 Å². The highest BCUT2D eigenvalue weighted by atomic mass is 28.4. The first-order chi connectivity index (χ1) is 18.2. The van der Waals surface area contributed by atoms with E-state index in [-0.39, 0.29) is 16.4 Å². The van der Waals surface area contributed by atoms with E-state index >= 15 is 0 Å². The van der Waals surface area contributed by atoms with Crippen molar-refractivity contribution in [2.75, 3.05) is 0 Å². The van der Waals surface area contributed by atoms with Gasteiger partial charge in [-0.25, -0.2) is 14.4 Å². The fourth-order valence-electron chi connectivity index (χ4n) is 3.05. The van der Waals surface area contributed by atoms with Crippen LogP contribution in [0.4, 0.5) is 14.4 Å². The number of hydrogen-bond donors (Lipinski definition) is 1. The second kappa shape index (κ2) is 12.8. The van der Waals surface area contributed by atoms with Crippen LogP contribution in [-0.2, 0) is 25.4 Å². The summed E-state index contributed by atoms with van der Waals surface area (Å²) in [5, 5.41) is 2.53. The van der Waals surface area contributed by atoms with Gasteiger partial charge in [-0.15, -0.1) is 4.90 Å². The summed E-state index contributed by atoms with van der Waals surface area (Å²) in [4.78, 5) is 53.0. The molecule has 0 fully saturated rings. The van der Waals surface area contributed by atoms with Crippen LogP contribution in [0.2, 0.25) is 18.1 Å². The number of nitrogens with zero attached hydrogens (tertiary/aromatic N) is 1. The summed E-state index contributed by atoms with van der Waals surface area (Å²) in [5.74, 6) is -0.339. The molecule has 0 aliphatic carbocycles. The average Bonchev–Trinajstić information content (AvgIpc) is 2.69. The highest BCUT2D eigenvalue weighted by Gasteiger charge is 2.41. The summed E-state index contributed by atoms with van der Waals surface area (Å²) in [6, 6.07) is 5.77. The molecule has 0 unspecified atom stereocenters. The molecular weight excluding hydrogens is 544 g/mol. The Balaban J connectivity index is 3.43. The Morgan fingerprint density at radius 2 is 1.15 bits per heavy atom. The molecule has 0 saturated carbocycles. The summed E-state index contributed by atoms with van der Waals surface area (Å²) < 4.78 is 22.4. The number of rotatable bonds is 6. The van der Waals surface area contributed by atoms with E-state index in [0.29, 0.717) is 11.3 Å². The molecule has 0 aromatic heterocycles. The van der Waals surface area contributed by atoms with Crippen molar-refractivity contribution >= 4 is 32.5 Å². The van der Waals surface area contributed by atoms with Gasteiger partial charge in [0.05, 0.1) is 0 Å². The Hall–Kier alpha value is -3.08. The minimum Gasteiger partial charge on any atom is -0.544 e. The second-order valence-corrected chi connectivity index (χ2v) is 19.3. The Bertz CT molecular complexity index is 1060. The van der Waals surface area contributed by atoms with Crippen molar-refractivity contribution in [2.24, 2.45) is 0 Å². The second-order valence-electron chi connectivity index (χ2n) is 14.5. The first-order valence-corrected chi connectivity index (χ1v) is 16.7. The summed E-state index contributed by atoms with van der Waals surface area (Å²) in [6.07, 6.45) is -3.38. The largest absolute Gasteiger partial charge is 0.544 e. The molecule has 10 nitrogen and oxygen atoms in total. The molecule has 4 amide bonds. The zero-order chi connectivity index (χ0) is 32.2. The summed E-state index contributed by atoms with van der Waals surface area (Å²) in [5.41, 5.74) is -2.22. The summed E-state index contributed by atoms with van der Waals surface area (Å²) >= 11 is 0. The van der Waals surface area contributed by atoms with Crippen molar-refractivity contribution in [2.45, 2.75) is 130 Å². The lowest BCUT2D eigenvalue weighted by Crippen LogP contribution is -2.55. The Morgan fingerprint density at radius 1 is 0.732 bits per heavy atom. The molecule has 1 aromatic carbocycles. The van der Waals surface area contributed by atoms with Crippen molar-refractivity contribution in [3.63, 3.8) is 0 Å². The fraction of sp³-hybridized carbons (Fsp3) is 0.667. The predicted octanol–water partition coefficient (Wildman–Crippen LogP) is 7.21. The van der Waals surface area contributed by atoms with E-state index in [1.807, 2.05) is 0 Å². The van der Waals surface area contributed by atoms with Gasteiger partial charge in [-0.2, -0.15) is 0 Å². The van der Waals surface area contributed by atoms with E-state index in [2.05, 4.69) is 39.2 Å². The molecule has 1 rings (SSSR count). The van der Waals surface area contributed by atoms with Crippen LogP contribution < -0.4 is 9.74 Å². The standard InChI is InChI=1S/C30H50N2O8Si/c1-27(2,3)37-24(34)31-22(19-20-15-17-21(18-16-20)40-41(13,14)30(10,11)12)23(33)32(25(35)38-28(4,5)6)26(36)39-29(7,8)9/h15-18,22H,19H2,1-14H3,(H,31,34)/t22-/m0/s1. The lowest BCUT2D eigenvalue weighted by atomic mass is 10.0. The molecule has 1 N–H and O–H groups in total. The molecule has 0 bridgehead atoms. The van der Waals surface area contributed by atoms with Gasteiger partial charge in [0.25, 0.3) is 5.91 Å². The van der Waals surface area contributed by atoms with Gasteiger partial charge in [0.15, 0.2) is 0 Å². The zero-order valence-electron chi connectivity index (χ0n) is 27.3. The van der Waals surface area contributed by atoms with Crippen LogP contribution in [0.15, 0.2) is 24.3 Å². The van der Waals surface area contributed by atoms with E-state index in [4.69, 9.17) is 18.6 Å². The van der Waals surface area contributed by atoms with Crippen molar-refractivity contribution in [3.05, 3.63) is 29.8 Å². The van der Waals surface area contributed by atoms with Gasteiger partial charge in [-0.3, -0.25) is 4.79 Å². The number of benzene rings is 1. The number of alkyl carbamates (subject to hydrolysis) is 1. The normalized spacial score (nSPS) is 13.5. The number of ether oxygens (including phenoxy) is 3. The minimum absolute atomic E-state index is 0.00725. The number of amides is 4. The molecule has 0 aliphatic rings. The third kappa shape index (κ3) is 12.5. The first kappa shape index (κ1) is 35.9. The van der Waals surface area contributed by atoms with Crippen molar-refractivity contribution < 1.29 is 37.8 Å². The molecule has 232 valence electrons. The van der Waals surface area contributed by atoms with Gasteiger partial charge in [-0.1, -0.05) is 32.9 Å². The number of hydrogen-bond acceptors (Lipinski definition) is 8. The lowest BCUT2D eigenvalue weighted by molar-refractivity contribution is -0.131. The molecular formula is C30H50N2O8Si. The van der Waals surface area contributed by atoms with Gasteiger partial charge in [0.2, 0.25) is 8.32 Å². The third-order valence-electron chi connectivity index (χ3n) is 5.90. The predicted molar refractivity (Wildman–Crippen MR) is 160 cm³/mol. The average molecular weight is 595 g/mol. The Kier molecular flexibility index (Phi) is 11.3. The van der Waals surface area contributed by atoms with E-state index < -0.39 is 55.3 Å². The van der Waals surface area contributed by atoms with E-state index in [1.165, 1.54) is 0 Å². The number of carbonyl (C=O) groups is 4. The van der Waals surface area contributed by atoms with Crippen LogP contribution in [0.1, 0.15) is 88.6 Å². The molecule has 1 aromatic rings. The monoisotopic (exact) mass is 594 g/mol. The van der Waals surface area contributed by atoms with E-state index in [0.717, 1.165) is 0 Å². The summed E-state index contributed by atoms with van der Waals surface area (Å²) in [7, 11) is -2.07. The van der Waals surface area contributed by atoms with Crippen LogP contribution in [0, 0.1) is 0 Å².